The maximum Gasteiger partial charge on any atom is 0.416 e. The van der Waals surface area contributed by atoms with Crippen molar-refractivity contribution in [3.8, 4) is 10.8 Å². The Labute approximate surface area is 145 Å². The molecule has 0 fully saturated rings. The van der Waals surface area contributed by atoms with Crippen molar-refractivity contribution in [1.29, 1.82) is 0 Å². The first-order valence-corrected chi connectivity index (χ1v) is 8.18. The van der Waals surface area contributed by atoms with Gasteiger partial charge in [-0.25, -0.2) is 4.98 Å². The number of anilines is 1. The highest BCUT2D eigenvalue weighted by Crippen LogP contribution is 2.30. The molecule has 0 aliphatic heterocycles. The monoisotopic (exact) mass is 366 g/mol. The van der Waals surface area contributed by atoms with Crippen LogP contribution in [0.2, 0.25) is 0 Å². The highest BCUT2D eigenvalue weighted by Gasteiger charge is 2.30. The summed E-state index contributed by atoms with van der Waals surface area (Å²) in [6.45, 7) is 1.71. The molecule has 1 N–H and O–H groups in total. The fraction of sp³-hybridized carbons (Fsp3) is 0.176. The first-order chi connectivity index (χ1) is 11.8. The first-order valence-electron chi connectivity index (χ1n) is 7.30. The lowest BCUT2D eigenvalue weighted by molar-refractivity contribution is -0.137. The summed E-state index contributed by atoms with van der Waals surface area (Å²) < 4.78 is 43.1. The van der Waals surface area contributed by atoms with Gasteiger partial charge >= 0.3 is 6.18 Å². The number of aromatic nitrogens is 1. The number of thiophene rings is 1. The topological polar surface area (TPSA) is 55.1 Å². The Balaban J connectivity index is 1.67. The van der Waals surface area contributed by atoms with Gasteiger partial charge in [0.05, 0.1) is 22.6 Å². The summed E-state index contributed by atoms with van der Waals surface area (Å²) in [5, 5.41) is 4.45. The maximum atomic E-state index is 12.5. The lowest BCUT2D eigenvalue weighted by atomic mass is 10.2. The van der Waals surface area contributed by atoms with E-state index in [2.05, 4.69) is 10.3 Å². The molecule has 0 spiro atoms. The van der Waals surface area contributed by atoms with Crippen LogP contribution in [0.25, 0.3) is 10.8 Å². The second-order valence-corrected chi connectivity index (χ2v) is 6.25. The van der Waals surface area contributed by atoms with Crippen LogP contribution in [-0.2, 0) is 17.4 Å². The molecule has 4 nitrogen and oxygen atoms in total. The number of amides is 1. The molecule has 0 atom stereocenters. The van der Waals surface area contributed by atoms with Crippen LogP contribution in [0, 0.1) is 6.92 Å². The van der Waals surface area contributed by atoms with E-state index in [0.29, 0.717) is 17.3 Å². The molecule has 25 heavy (non-hydrogen) atoms. The highest BCUT2D eigenvalue weighted by molar-refractivity contribution is 7.13. The third-order valence-electron chi connectivity index (χ3n) is 3.45. The molecule has 2 aromatic heterocycles. The largest absolute Gasteiger partial charge is 0.440 e. The van der Waals surface area contributed by atoms with Gasteiger partial charge in [-0.05, 0) is 42.6 Å². The van der Waals surface area contributed by atoms with E-state index < -0.39 is 11.7 Å². The fourth-order valence-electron chi connectivity index (χ4n) is 2.20. The van der Waals surface area contributed by atoms with Crippen LogP contribution in [0.1, 0.15) is 17.0 Å². The minimum atomic E-state index is -4.40. The van der Waals surface area contributed by atoms with Crippen molar-refractivity contribution >= 4 is 22.9 Å². The van der Waals surface area contributed by atoms with Crippen molar-refractivity contribution in [2.75, 3.05) is 5.32 Å². The second kappa shape index (κ2) is 6.72. The standard InChI is InChI=1S/C17H13F3N2O2S/c1-10-13(22-16(24-10)14-3-2-8-25-14)9-15(23)21-12-6-4-11(5-7-12)17(18,19)20/h2-8H,9H2,1H3,(H,21,23). The summed E-state index contributed by atoms with van der Waals surface area (Å²) in [6.07, 6.45) is -4.43. The van der Waals surface area contributed by atoms with Crippen molar-refractivity contribution in [1.82, 2.24) is 4.98 Å². The summed E-state index contributed by atoms with van der Waals surface area (Å²) in [4.78, 5) is 17.3. The van der Waals surface area contributed by atoms with E-state index >= 15 is 0 Å². The summed E-state index contributed by atoms with van der Waals surface area (Å²) in [5.41, 5.74) is 0.0175. The Hall–Kier alpha value is -2.61. The van der Waals surface area contributed by atoms with Crippen molar-refractivity contribution in [2.24, 2.45) is 0 Å². The third-order valence-corrected chi connectivity index (χ3v) is 4.31. The Kier molecular flexibility index (Phi) is 4.63. The fourth-order valence-corrected chi connectivity index (χ4v) is 2.85. The van der Waals surface area contributed by atoms with Gasteiger partial charge in [-0.1, -0.05) is 6.07 Å². The van der Waals surface area contributed by atoms with Gasteiger partial charge in [0.2, 0.25) is 11.8 Å². The average molecular weight is 366 g/mol. The number of rotatable bonds is 4. The number of benzene rings is 1. The van der Waals surface area contributed by atoms with E-state index in [4.69, 9.17) is 4.42 Å². The van der Waals surface area contributed by atoms with Crippen LogP contribution in [0.3, 0.4) is 0 Å². The highest BCUT2D eigenvalue weighted by atomic mass is 32.1. The normalized spacial score (nSPS) is 11.5. The van der Waals surface area contributed by atoms with Crippen LogP contribution in [0.4, 0.5) is 18.9 Å². The predicted molar refractivity (Wildman–Crippen MR) is 88.3 cm³/mol. The Morgan fingerprint density at radius 2 is 1.96 bits per heavy atom. The molecule has 0 unspecified atom stereocenters. The molecule has 1 aromatic carbocycles. The summed E-state index contributed by atoms with van der Waals surface area (Å²) in [7, 11) is 0. The molecule has 0 saturated heterocycles. The molecule has 8 heteroatoms. The van der Waals surface area contributed by atoms with Crippen molar-refractivity contribution in [2.45, 2.75) is 19.5 Å². The molecule has 0 bridgehead atoms. The zero-order valence-corrected chi connectivity index (χ0v) is 13.9. The number of hydrogen-bond donors (Lipinski definition) is 1. The molecular formula is C17H13F3N2O2S. The van der Waals surface area contributed by atoms with Crippen LogP contribution in [0.15, 0.2) is 46.2 Å². The van der Waals surface area contributed by atoms with Gasteiger partial charge in [-0.3, -0.25) is 4.79 Å². The number of nitrogens with one attached hydrogen (secondary N) is 1. The zero-order valence-electron chi connectivity index (χ0n) is 13.1. The average Bonchev–Trinajstić information content (AvgIpc) is 3.17. The molecule has 3 aromatic rings. The molecule has 0 aliphatic rings. The van der Waals surface area contributed by atoms with E-state index in [1.807, 2.05) is 17.5 Å². The molecule has 0 aliphatic carbocycles. The molecule has 1 amide bonds. The number of nitrogens with zero attached hydrogens (tertiary/aromatic N) is 1. The zero-order chi connectivity index (χ0) is 18.0. The number of hydrogen-bond acceptors (Lipinski definition) is 4. The van der Waals surface area contributed by atoms with Crippen LogP contribution in [0.5, 0.6) is 0 Å². The predicted octanol–water partition coefficient (Wildman–Crippen LogP) is 4.91. The van der Waals surface area contributed by atoms with Gasteiger partial charge in [0.1, 0.15) is 5.76 Å². The smallest absolute Gasteiger partial charge is 0.416 e. The molecule has 0 radical (unpaired) electrons. The Morgan fingerprint density at radius 1 is 1.24 bits per heavy atom. The van der Waals surface area contributed by atoms with E-state index in [-0.39, 0.29) is 18.0 Å². The summed E-state index contributed by atoms with van der Waals surface area (Å²) in [5.74, 6) is 0.602. The first kappa shape index (κ1) is 17.2. The van der Waals surface area contributed by atoms with Crippen LogP contribution < -0.4 is 5.32 Å². The van der Waals surface area contributed by atoms with E-state index in [0.717, 1.165) is 17.0 Å². The number of halogens is 3. The Morgan fingerprint density at radius 3 is 2.56 bits per heavy atom. The van der Waals surface area contributed by atoms with E-state index in [1.54, 1.807) is 6.92 Å². The molecular weight excluding hydrogens is 353 g/mol. The number of carbonyl (C=O) groups is 1. The molecule has 0 saturated carbocycles. The van der Waals surface area contributed by atoms with E-state index in [9.17, 15) is 18.0 Å². The summed E-state index contributed by atoms with van der Waals surface area (Å²) in [6, 6.07) is 8.01. The van der Waals surface area contributed by atoms with Gasteiger partial charge in [0, 0.05) is 5.69 Å². The number of alkyl halides is 3. The van der Waals surface area contributed by atoms with Gasteiger partial charge in [0.25, 0.3) is 0 Å². The minimum Gasteiger partial charge on any atom is -0.440 e. The Bertz CT molecular complexity index is 868. The van der Waals surface area contributed by atoms with Gasteiger partial charge < -0.3 is 9.73 Å². The molecule has 3 rings (SSSR count). The van der Waals surface area contributed by atoms with Crippen molar-refractivity contribution < 1.29 is 22.4 Å². The lowest BCUT2D eigenvalue weighted by Gasteiger charge is -2.08. The van der Waals surface area contributed by atoms with Gasteiger partial charge in [-0.2, -0.15) is 13.2 Å². The van der Waals surface area contributed by atoms with Gasteiger partial charge in [0.15, 0.2) is 0 Å². The number of oxazole rings is 1. The summed E-state index contributed by atoms with van der Waals surface area (Å²) >= 11 is 1.47. The number of aryl methyl sites for hydroxylation is 1. The molecule has 130 valence electrons. The molecule has 2 heterocycles. The van der Waals surface area contributed by atoms with Crippen LogP contribution in [-0.4, -0.2) is 10.9 Å². The van der Waals surface area contributed by atoms with Crippen molar-refractivity contribution in [3.63, 3.8) is 0 Å². The maximum absolute atomic E-state index is 12.5. The minimum absolute atomic E-state index is 0.0261. The number of carbonyl (C=O) groups excluding carboxylic acids is 1. The van der Waals surface area contributed by atoms with E-state index in [1.165, 1.54) is 23.5 Å². The van der Waals surface area contributed by atoms with Crippen molar-refractivity contribution in [3.05, 3.63) is 58.8 Å². The quantitative estimate of drug-likeness (QED) is 0.714. The third kappa shape index (κ3) is 4.08. The van der Waals surface area contributed by atoms with Crippen LogP contribution >= 0.6 is 11.3 Å². The second-order valence-electron chi connectivity index (χ2n) is 5.30. The van der Waals surface area contributed by atoms with Gasteiger partial charge in [-0.15, -0.1) is 11.3 Å². The SMILES string of the molecule is Cc1oc(-c2cccs2)nc1CC(=O)Nc1ccc(C(F)(F)F)cc1. The lowest BCUT2D eigenvalue weighted by Crippen LogP contribution is -2.15.